The average Bonchev–Trinajstić information content (AvgIpc) is 2.68. The highest BCUT2D eigenvalue weighted by atomic mass is 19.4. The van der Waals surface area contributed by atoms with Crippen LogP contribution in [0.5, 0.6) is 0 Å². The minimum atomic E-state index is -4.64. The van der Waals surface area contributed by atoms with E-state index in [1.54, 1.807) is 0 Å². The standard InChI is InChI=1S/C6H9F3N2O/c7-6(8,9)4(10)5(12)11-3-1-2-3/h3-4H,1-2,10H2,(H,11,12)/t4-/m1/s1. The van der Waals surface area contributed by atoms with Gasteiger partial charge in [0, 0.05) is 6.04 Å². The van der Waals surface area contributed by atoms with Crippen LogP contribution in [0, 0.1) is 0 Å². The van der Waals surface area contributed by atoms with Gasteiger partial charge in [0.1, 0.15) is 0 Å². The van der Waals surface area contributed by atoms with Crippen LogP contribution in [0.15, 0.2) is 0 Å². The molecular weight excluding hydrogens is 173 g/mol. The summed E-state index contributed by atoms with van der Waals surface area (Å²) in [6.07, 6.45) is -3.15. The fraction of sp³-hybridized carbons (Fsp3) is 0.833. The minimum Gasteiger partial charge on any atom is -0.352 e. The van der Waals surface area contributed by atoms with Gasteiger partial charge in [-0.3, -0.25) is 4.79 Å². The lowest BCUT2D eigenvalue weighted by atomic mass is 10.3. The molecule has 1 rings (SSSR count). The third-order valence-electron chi connectivity index (χ3n) is 1.56. The number of amides is 1. The number of alkyl halides is 3. The number of rotatable bonds is 2. The van der Waals surface area contributed by atoms with Crippen LogP contribution in [0.1, 0.15) is 12.8 Å². The highest BCUT2D eigenvalue weighted by Crippen LogP contribution is 2.22. The molecule has 0 spiro atoms. The van der Waals surface area contributed by atoms with Crippen LogP contribution >= 0.6 is 0 Å². The molecular formula is C6H9F3N2O. The van der Waals surface area contributed by atoms with Crippen LogP contribution in [0.3, 0.4) is 0 Å². The summed E-state index contributed by atoms with van der Waals surface area (Å²) in [5.74, 6) is -1.13. The molecule has 70 valence electrons. The van der Waals surface area contributed by atoms with Crippen molar-refractivity contribution in [3.05, 3.63) is 0 Å². The van der Waals surface area contributed by atoms with Gasteiger partial charge < -0.3 is 11.1 Å². The fourth-order valence-electron chi connectivity index (χ4n) is 0.667. The minimum absolute atomic E-state index is 0.0918. The van der Waals surface area contributed by atoms with Crippen molar-refractivity contribution in [2.24, 2.45) is 5.73 Å². The molecule has 0 unspecified atom stereocenters. The average molecular weight is 182 g/mol. The van der Waals surface area contributed by atoms with Crippen LogP contribution in [0.2, 0.25) is 0 Å². The number of hydrogen-bond acceptors (Lipinski definition) is 2. The zero-order valence-corrected chi connectivity index (χ0v) is 6.19. The van der Waals surface area contributed by atoms with E-state index in [2.05, 4.69) is 11.1 Å². The number of carbonyl (C=O) groups excluding carboxylic acids is 1. The second-order valence-corrected chi connectivity index (χ2v) is 2.80. The molecule has 1 aliphatic carbocycles. The molecule has 3 nitrogen and oxygen atoms in total. The zero-order chi connectivity index (χ0) is 9.35. The molecule has 0 heterocycles. The van der Waals surface area contributed by atoms with Crippen LogP contribution < -0.4 is 11.1 Å². The van der Waals surface area contributed by atoms with Crippen LogP contribution in [-0.4, -0.2) is 24.2 Å². The third kappa shape index (κ3) is 2.37. The van der Waals surface area contributed by atoms with Gasteiger partial charge in [-0.15, -0.1) is 0 Å². The van der Waals surface area contributed by atoms with Gasteiger partial charge in [0.05, 0.1) is 0 Å². The highest BCUT2D eigenvalue weighted by Gasteiger charge is 2.43. The molecule has 0 aromatic carbocycles. The Morgan fingerprint density at radius 2 is 2.00 bits per heavy atom. The quantitative estimate of drug-likeness (QED) is 0.638. The summed E-state index contributed by atoms with van der Waals surface area (Å²) in [4.78, 5) is 10.7. The predicted octanol–water partition coefficient (Wildman–Crippen LogP) is 0.155. The van der Waals surface area contributed by atoms with Crippen molar-refractivity contribution < 1.29 is 18.0 Å². The van der Waals surface area contributed by atoms with Crippen LogP contribution in [0.4, 0.5) is 13.2 Å². The lowest BCUT2D eigenvalue weighted by Crippen LogP contribution is -2.50. The fourth-order valence-corrected chi connectivity index (χ4v) is 0.667. The van der Waals surface area contributed by atoms with E-state index < -0.39 is 18.1 Å². The maximum Gasteiger partial charge on any atom is 0.412 e. The van der Waals surface area contributed by atoms with Gasteiger partial charge in [-0.1, -0.05) is 0 Å². The van der Waals surface area contributed by atoms with E-state index in [-0.39, 0.29) is 6.04 Å². The second kappa shape index (κ2) is 2.93. The van der Waals surface area contributed by atoms with E-state index >= 15 is 0 Å². The summed E-state index contributed by atoms with van der Waals surface area (Å²) in [7, 11) is 0. The first kappa shape index (κ1) is 9.31. The van der Waals surface area contributed by atoms with Gasteiger partial charge in [-0.2, -0.15) is 13.2 Å². The Morgan fingerprint density at radius 3 is 2.33 bits per heavy atom. The normalized spacial score (nSPS) is 20.3. The molecule has 0 aliphatic heterocycles. The summed E-state index contributed by atoms with van der Waals surface area (Å²) in [5, 5.41) is 2.18. The van der Waals surface area contributed by atoms with E-state index in [0.29, 0.717) is 0 Å². The number of carbonyl (C=O) groups is 1. The summed E-state index contributed by atoms with van der Waals surface area (Å²) in [6.45, 7) is 0. The molecule has 6 heteroatoms. The Labute approximate surface area is 67.1 Å². The van der Waals surface area contributed by atoms with E-state index in [1.807, 2.05) is 0 Å². The van der Waals surface area contributed by atoms with Crippen molar-refractivity contribution in [2.45, 2.75) is 31.1 Å². The molecule has 0 aromatic heterocycles. The number of hydrogen-bond donors (Lipinski definition) is 2. The largest absolute Gasteiger partial charge is 0.412 e. The van der Waals surface area contributed by atoms with E-state index in [4.69, 9.17) is 0 Å². The number of halogens is 3. The molecule has 0 bridgehead atoms. The maximum absolute atomic E-state index is 11.8. The van der Waals surface area contributed by atoms with E-state index in [1.165, 1.54) is 0 Å². The van der Waals surface area contributed by atoms with Gasteiger partial charge in [0.25, 0.3) is 0 Å². The van der Waals surface area contributed by atoms with Crippen molar-refractivity contribution in [1.82, 2.24) is 5.32 Å². The van der Waals surface area contributed by atoms with Crippen LogP contribution in [-0.2, 0) is 4.79 Å². The molecule has 3 N–H and O–H groups in total. The Morgan fingerprint density at radius 1 is 1.50 bits per heavy atom. The lowest BCUT2D eigenvalue weighted by molar-refractivity contribution is -0.162. The van der Waals surface area contributed by atoms with E-state index in [9.17, 15) is 18.0 Å². The smallest absolute Gasteiger partial charge is 0.352 e. The molecule has 1 atom stereocenters. The Bertz CT molecular complexity index is 188. The van der Waals surface area contributed by atoms with Crippen molar-refractivity contribution in [3.63, 3.8) is 0 Å². The molecule has 0 radical (unpaired) electrons. The maximum atomic E-state index is 11.8. The van der Waals surface area contributed by atoms with E-state index in [0.717, 1.165) is 12.8 Å². The zero-order valence-electron chi connectivity index (χ0n) is 6.19. The number of nitrogens with two attached hydrogens (primary N) is 1. The molecule has 0 saturated heterocycles. The first-order valence-electron chi connectivity index (χ1n) is 3.54. The summed E-state index contributed by atoms with van der Waals surface area (Å²) < 4.78 is 35.4. The Hall–Kier alpha value is -0.780. The van der Waals surface area contributed by atoms with Gasteiger partial charge in [-0.05, 0) is 12.8 Å². The number of nitrogens with one attached hydrogen (secondary N) is 1. The summed E-state index contributed by atoms with van der Waals surface area (Å²) >= 11 is 0. The first-order valence-corrected chi connectivity index (χ1v) is 3.54. The molecule has 1 aliphatic rings. The van der Waals surface area contributed by atoms with Gasteiger partial charge in [0.2, 0.25) is 5.91 Å². The Balaban J connectivity index is 2.39. The van der Waals surface area contributed by atoms with Gasteiger partial charge in [0.15, 0.2) is 6.04 Å². The van der Waals surface area contributed by atoms with Gasteiger partial charge in [-0.25, -0.2) is 0 Å². The molecule has 0 aromatic rings. The van der Waals surface area contributed by atoms with Crippen molar-refractivity contribution in [2.75, 3.05) is 0 Å². The monoisotopic (exact) mass is 182 g/mol. The molecule has 1 amide bonds. The van der Waals surface area contributed by atoms with Crippen molar-refractivity contribution >= 4 is 5.91 Å². The summed E-state index contributed by atoms with van der Waals surface area (Å²) in [6, 6.07) is -2.48. The first-order chi connectivity index (χ1) is 5.41. The van der Waals surface area contributed by atoms with Crippen molar-refractivity contribution in [3.8, 4) is 0 Å². The summed E-state index contributed by atoms with van der Waals surface area (Å²) in [5.41, 5.74) is 4.63. The van der Waals surface area contributed by atoms with Crippen molar-refractivity contribution in [1.29, 1.82) is 0 Å². The molecule has 1 saturated carbocycles. The predicted molar refractivity (Wildman–Crippen MR) is 35.2 cm³/mol. The van der Waals surface area contributed by atoms with Crippen LogP contribution in [0.25, 0.3) is 0 Å². The second-order valence-electron chi connectivity index (χ2n) is 2.80. The molecule has 1 fully saturated rings. The lowest BCUT2D eigenvalue weighted by Gasteiger charge is -2.14. The Kier molecular flexibility index (Phi) is 2.27. The van der Waals surface area contributed by atoms with Gasteiger partial charge >= 0.3 is 6.18 Å². The third-order valence-corrected chi connectivity index (χ3v) is 1.56. The SMILES string of the molecule is N[C@H](C(=O)NC1CC1)C(F)(F)F. The highest BCUT2D eigenvalue weighted by molar-refractivity contribution is 5.82. The molecule has 12 heavy (non-hydrogen) atoms. The topological polar surface area (TPSA) is 55.1 Å².